The van der Waals surface area contributed by atoms with Crippen LogP contribution in [-0.4, -0.2) is 56.0 Å². The van der Waals surface area contributed by atoms with Gasteiger partial charge in [-0.2, -0.15) is 0 Å². The predicted molar refractivity (Wildman–Crippen MR) is 201 cm³/mol. The lowest BCUT2D eigenvalue weighted by atomic mass is 9.76. The van der Waals surface area contributed by atoms with E-state index in [1.54, 1.807) is 41.5 Å². The second-order valence-electron chi connectivity index (χ2n) is 16.6. The lowest BCUT2D eigenvalue weighted by molar-refractivity contribution is -0.158. The molecule has 1 aromatic heterocycles. The second kappa shape index (κ2) is 14.6. The van der Waals surface area contributed by atoms with Crippen LogP contribution in [0.5, 0.6) is 0 Å². The zero-order valence-corrected chi connectivity index (χ0v) is 32.0. The van der Waals surface area contributed by atoms with Crippen LogP contribution in [0.2, 0.25) is 0 Å². The Kier molecular flexibility index (Phi) is 10.8. The number of benzene rings is 3. The van der Waals surface area contributed by atoms with E-state index in [0.29, 0.717) is 25.0 Å². The van der Waals surface area contributed by atoms with Crippen molar-refractivity contribution in [1.82, 2.24) is 14.5 Å². The number of amides is 2. The Bertz CT molecular complexity index is 1710. The van der Waals surface area contributed by atoms with Crippen molar-refractivity contribution in [3.05, 3.63) is 126 Å². The monoisotopic (exact) mass is 707 g/mol. The lowest BCUT2D eigenvalue weighted by Crippen LogP contribution is -2.44. The molecular formula is C43H53N3O6. The molecule has 0 bridgehead atoms. The summed E-state index contributed by atoms with van der Waals surface area (Å²) in [5.41, 5.74) is -0.369. The number of imidazole rings is 1. The molecule has 0 saturated heterocycles. The van der Waals surface area contributed by atoms with Gasteiger partial charge in [-0.05, 0) is 104 Å². The van der Waals surface area contributed by atoms with Gasteiger partial charge in [0.25, 0.3) is 0 Å². The van der Waals surface area contributed by atoms with Gasteiger partial charge < -0.3 is 18.8 Å². The van der Waals surface area contributed by atoms with Crippen molar-refractivity contribution in [3.8, 4) is 0 Å². The minimum absolute atomic E-state index is 0.0678. The number of imide groups is 1. The Morgan fingerprint density at radius 3 is 1.52 bits per heavy atom. The van der Waals surface area contributed by atoms with Crippen LogP contribution in [0.1, 0.15) is 104 Å². The molecule has 1 aliphatic carbocycles. The van der Waals surface area contributed by atoms with Gasteiger partial charge in [0.15, 0.2) is 0 Å². The third-order valence-electron chi connectivity index (χ3n) is 9.03. The van der Waals surface area contributed by atoms with Crippen LogP contribution < -0.4 is 0 Å². The van der Waals surface area contributed by atoms with Crippen LogP contribution in [0.3, 0.4) is 0 Å². The van der Waals surface area contributed by atoms with E-state index >= 15 is 0 Å². The molecule has 5 rings (SSSR count). The van der Waals surface area contributed by atoms with Gasteiger partial charge in [-0.1, -0.05) is 91.0 Å². The van der Waals surface area contributed by atoms with Crippen LogP contribution in [0, 0.1) is 5.92 Å². The van der Waals surface area contributed by atoms with Crippen LogP contribution in [0.15, 0.2) is 104 Å². The highest BCUT2D eigenvalue weighted by molar-refractivity contribution is 5.88. The third kappa shape index (κ3) is 8.41. The average Bonchev–Trinajstić information content (AvgIpc) is 3.58. The Hall–Kier alpha value is -4.92. The molecule has 0 aliphatic heterocycles. The zero-order valence-electron chi connectivity index (χ0n) is 32.0. The highest BCUT2D eigenvalue weighted by Crippen LogP contribution is 2.58. The number of esters is 1. The fourth-order valence-electron chi connectivity index (χ4n) is 6.82. The molecule has 2 atom stereocenters. The number of rotatable bonds is 10. The number of carbonyl (C=O) groups is 3. The van der Waals surface area contributed by atoms with E-state index in [0.717, 1.165) is 21.6 Å². The summed E-state index contributed by atoms with van der Waals surface area (Å²) in [7, 11) is 0. The number of carbonyl (C=O) groups excluding carboxylic acids is 3. The van der Waals surface area contributed by atoms with Crippen molar-refractivity contribution >= 4 is 18.2 Å². The van der Waals surface area contributed by atoms with Crippen LogP contribution in [0.25, 0.3) is 0 Å². The van der Waals surface area contributed by atoms with Crippen molar-refractivity contribution in [1.29, 1.82) is 0 Å². The Balaban J connectivity index is 1.52. The van der Waals surface area contributed by atoms with Crippen molar-refractivity contribution in [2.24, 2.45) is 5.92 Å². The van der Waals surface area contributed by atoms with Crippen LogP contribution in [-0.2, 0) is 30.0 Å². The first kappa shape index (κ1) is 38.3. The number of hydrogen-bond acceptors (Lipinski definition) is 7. The summed E-state index contributed by atoms with van der Waals surface area (Å²) in [6, 6.07) is 30.9. The minimum Gasteiger partial charge on any atom is -0.459 e. The van der Waals surface area contributed by atoms with E-state index in [2.05, 4.69) is 41.0 Å². The first-order chi connectivity index (χ1) is 24.4. The summed E-state index contributed by atoms with van der Waals surface area (Å²) >= 11 is 0. The highest BCUT2D eigenvalue weighted by atomic mass is 16.6. The van der Waals surface area contributed by atoms with Gasteiger partial charge in [0.2, 0.25) is 0 Å². The molecule has 9 nitrogen and oxygen atoms in total. The van der Waals surface area contributed by atoms with Gasteiger partial charge in [-0.25, -0.2) is 19.5 Å². The van der Waals surface area contributed by atoms with E-state index < -0.39 is 39.9 Å². The molecule has 0 N–H and O–H groups in total. The molecular weight excluding hydrogens is 654 g/mol. The van der Waals surface area contributed by atoms with E-state index in [-0.39, 0.29) is 18.4 Å². The molecule has 1 aliphatic rings. The number of ether oxygens (including phenoxy) is 3. The van der Waals surface area contributed by atoms with Crippen molar-refractivity contribution in [2.75, 3.05) is 6.54 Å². The first-order valence-corrected chi connectivity index (χ1v) is 18.1. The molecule has 0 spiro atoms. The van der Waals surface area contributed by atoms with Crippen molar-refractivity contribution in [3.63, 3.8) is 0 Å². The molecule has 276 valence electrons. The molecule has 0 radical (unpaired) electrons. The summed E-state index contributed by atoms with van der Waals surface area (Å²) in [4.78, 5) is 46.5. The SMILES string of the molecule is CC(C)(C)OC(=O)N(CCC[C@H]1C[C@]1(C(=O)OC(C)(C)C)c1cn(C(c2ccccc2)(c2ccccc2)c2ccccc2)cn1)C(=O)OC(C)(C)C. The normalized spacial score (nSPS) is 17.6. The molecule has 9 heteroatoms. The largest absolute Gasteiger partial charge is 0.459 e. The molecule has 1 saturated carbocycles. The quantitative estimate of drug-likeness (QED) is 0.0920. The van der Waals surface area contributed by atoms with Gasteiger partial charge in [-0.3, -0.25) is 4.79 Å². The van der Waals surface area contributed by atoms with Crippen LogP contribution >= 0.6 is 0 Å². The number of nitrogens with zero attached hydrogens (tertiary/aromatic N) is 3. The van der Waals surface area contributed by atoms with Gasteiger partial charge in [0.1, 0.15) is 27.8 Å². The molecule has 1 heterocycles. The zero-order chi connectivity index (χ0) is 38.0. The van der Waals surface area contributed by atoms with Crippen molar-refractivity contribution in [2.45, 2.75) is 109 Å². The summed E-state index contributed by atoms with van der Waals surface area (Å²) in [6.07, 6.45) is 3.75. The topological polar surface area (TPSA) is 100.0 Å². The van der Waals surface area contributed by atoms with Gasteiger partial charge in [0.05, 0.1) is 12.0 Å². The summed E-state index contributed by atoms with van der Waals surface area (Å²) in [5, 5.41) is 0. The molecule has 1 fully saturated rings. The standard InChI is InChI=1S/C43H53N3O6/c1-39(2,3)50-36(47)42(28-34(42)26-19-27-46(37(48)51-40(4,5)6)38(49)52-41(7,8)9)35-29-45(30-44-35)43(31-20-13-10-14-21-31,32-22-15-11-16-23-32)33-24-17-12-18-25-33/h10-18,20-25,29-30,34H,19,26-28H2,1-9H3/t34-,42+/m0/s1. The van der Waals surface area contributed by atoms with E-state index in [1.807, 2.05) is 87.9 Å². The average molecular weight is 708 g/mol. The Labute approximate surface area is 308 Å². The van der Waals surface area contributed by atoms with E-state index in [4.69, 9.17) is 19.2 Å². The van der Waals surface area contributed by atoms with Crippen LogP contribution in [0.4, 0.5) is 9.59 Å². The van der Waals surface area contributed by atoms with E-state index in [1.165, 1.54) is 0 Å². The summed E-state index contributed by atoms with van der Waals surface area (Å²) in [5.74, 6) is -0.472. The predicted octanol–water partition coefficient (Wildman–Crippen LogP) is 9.28. The number of aromatic nitrogens is 2. The maximum absolute atomic E-state index is 14.2. The summed E-state index contributed by atoms with van der Waals surface area (Å²) < 4.78 is 19.3. The second-order valence-corrected chi connectivity index (χ2v) is 16.6. The highest BCUT2D eigenvalue weighted by Gasteiger charge is 2.64. The molecule has 52 heavy (non-hydrogen) atoms. The number of hydrogen-bond donors (Lipinski definition) is 0. The first-order valence-electron chi connectivity index (χ1n) is 18.1. The van der Waals surface area contributed by atoms with Gasteiger partial charge >= 0.3 is 18.2 Å². The summed E-state index contributed by atoms with van der Waals surface area (Å²) in [6.45, 7) is 16.1. The fourth-order valence-corrected chi connectivity index (χ4v) is 6.82. The lowest BCUT2D eigenvalue weighted by Gasteiger charge is -2.37. The van der Waals surface area contributed by atoms with Gasteiger partial charge in [-0.15, -0.1) is 0 Å². The molecule has 3 aromatic carbocycles. The molecule has 2 amide bonds. The minimum atomic E-state index is -1.00. The smallest absolute Gasteiger partial charge is 0.419 e. The maximum atomic E-state index is 14.2. The maximum Gasteiger partial charge on any atom is 0.419 e. The molecule has 0 unspecified atom stereocenters. The van der Waals surface area contributed by atoms with Crippen molar-refractivity contribution < 1.29 is 28.6 Å². The molecule has 4 aromatic rings. The fraction of sp³-hybridized carbons (Fsp3) is 0.442. The third-order valence-corrected chi connectivity index (χ3v) is 9.03. The van der Waals surface area contributed by atoms with E-state index in [9.17, 15) is 14.4 Å². The Morgan fingerprint density at radius 2 is 1.12 bits per heavy atom. The Morgan fingerprint density at radius 1 is 0.692 bits per heavy atom. The van der Waals surface area contributed by atoms with Gasteiger partial charge in [0, 0.05) is 12.7 Å².